The van der Waals surface area contributed by atoms with Gasteiger partial charge in [-0.3, -0.25) is 9.69 Å². The van der Waals surface area contributed by atoms with E-state index in [0.717, 1.165) is 22.6 Å². The molecule has 33 heavy (non-hydrogen) atoms. The third-order valence-corrected chi connectivity index (χ3v) is 6.32. The fourth-order valence-electron chi connectivity index (χ4n) is 4.42. The molecule has 0 saturated carbocycles. The minimum atomic E-state index is -0.520. The maximum absolute atomic E-state index is 13.5. The summed E-state index contributed by atoms with van der Waals surface area (Å²) in [5.74, 6) is -0.761. The molecule has 168 valence electrons. The van der Waals surface area contributed by atoms with Crippen molar-refractivity contribution >= 4 is 23.6 Å². The fraction of sp³-hybridized carbons (Fsp3) is 0.214. The fourth-order valence-corrected chi connectivity index (χ4v) is 4.42. The van der Waals surface area contributed by atoms with Gasteiger partial charge < -0.3 is 9.30 Å². The molecule has 0 aliphatic carbocycles. The summed E-state index contributed by atoms with van der Waals surface area (Å²) < 4.78 is 7.20. The van der Waals surface area contributed by atoms with Crippen molar-refractivity contribution in [3.63, 3.8) is 0 Å². The van der Waals surface area contributed by atoms with Crippen LogP contribution in [0.5, 0.6) is 0 Å². The molecule has 3 aromatic rings. The molecule has 1 aliphatic rings. The highest BCUT2D eigenvalue weighted by Gasteiger charge is 2.38. The van der Waals surface area contributed by atoms with Gasteiger partial charge in [0.2, 0.25) is 0 Å². The summed E-state index contributed by atoms with van der Waals surface area (Å²) in [4.78, 5) is 27.8. The van der Waals surface area contributed by atoms with Gasteiger partial charge in [0.05, 0.1) is 18.3 Å². The van der Waals surface area contributed by atoms with Crippen molar-refractivity contribution in [1.82, 2.24) is 4.57 Å². The van der Waals surface area contributed by atoms with E-state index < -0.39 is 5.97 Å². The topological polar surface area (TPSA) is 51.5 Å². The smallest absolute Gasteiger partial charge is 0.340 e. The Bertz CT molecular complexity index is 1330. The minimum Gasteiger partial charge on any atom is -0.465 e. The lowest BCUT2D eigenvalue weighted by Gasteiger charge is -2.17. The zero-order chi connectivity index (χ0) is 23.9. The number of esters is 1. The second-order valence-corrected chi connectivity index (χ2v) is 8.42. The van der Waals surface area contributed by atoms with Crippen LogP contribution in [-0.2, 0) is 14.3 Å². The number of rotatable bonds is 4. The number of ether oxygens (including phenoxy) is 1. The molecule has 0 bridgehead atoms. The molecule has 0 spiro atoms. The highest BCUT2D eigenvalue weighted by Crippen LogP contribution is 2.36. The molecular formula is C28H28N2O3. The average Bonchev–Trinajstić information content (AvgIpc) is 3.21. The van der Waals surface area contributed by atoms with Gasteiger partial charge in [-0.1, -0.05) is 24.3 Å². The number of allylic oxidation sites excluding steroid dienone is 1. The third-order valence-electron chi connectivity index (χ3n) is 6.32. The van der Waals surface area contributed by atoms with Crippen LogP contribution in [0, 0.1) is 27.7 Å². The molecule has 0 radical (unpaired) electrons. The molecule has 0 fully saturated rings. The summed E-state index contributed by atoms with van der Waals surface area (Å²) in [6.45, 7) is 10.0. The molecule has 0 atom stereocenters. The van der Waals surface area contributed by atoms with Crippen molar-refractivity contribution in [2.45, 2.75) is 34.6 Å². The first-order chi connectivity index (χ1) is 15.7. The van der Waals surface area contributed by atoms with Crippen LogP contribution >= 0.6 is 0 Å². The Balaban J connectivity index is 1.85. The first-order valence-electron chi connectivity index (χ1n) is 10.9. The van der Waals surface area contributed by atoms with E-state index in [0.29, 0.717) is 22.5 Å². The monoisotopic (exact) mass is 440 g/mol. The van der Waals surface area contributed by atoms with Gasteiger partial charge in [-0.15, -0.1) is 0 Å². The summed E-state index contributed by atoms with van der Waals surface area (Å²) in [5.41, 5.74) is 8.37. The summed E-state index contributed by atoms with van der Waals surface area (Å²) in [7, 11) is 1.33. The van der Waals surface area contributed by atoms with E-state index in [1.54, 1.807) is 17.9 Å². The normalized spacial score (nSPS) is 15.0. The maximum atomic E-state index is 13.5. The highest BCUT2D eigenvalue weighted by molar-refractivity contribution is 6.23. The molecule has 1 amide bonds. The Morgan fingerprint density at radius 1 is 0.879 bits per heavy atom. The predicted octanol–water partition coefficient (Wildman–Crippen LogP) is 5.59. The number of hydrogen-bond acceptors (Lipinski definition) is 3. The summed E-state index contributed by atoms with van der Waals surface area (Å²) in [5, 5.41) is 0. The number of nitrogens with zero attached hydrogens (tertiary/aromatic N) is 2. The Hall–Kier alpha value is -3.86. The van der Waals surface area contributed by atoms with Gasteiger partial charge in [0.15, 0.2) is 0 Å². The third kappa shape index (κ3) is 3.80. The standard InChI is InChI=1S/C28H28N2O3/c1-17-12-13-24(14-18(17)2)29-19(3)15-22(20(29)4)16-25-26(28(32)33-6)21(5)30(27(25)31)23-10-8-7-9-11-23/h7-16H,1-6H3/b25-16-. The number of aromatic nitrogens is 1. The summed E-state index contributed by atoms with van der Waals surface area (Å²) >= 11 is 0. The van der Waals surface area contributed by atoms with Gasteiger partial charge in [0.25, 0.3) is 5.91 Å². The van der Waals surface area contributed by atoms with Gasteiger partial charge in [-0.25, -0.2) is 4.79 Å². The van der Waals surface area contributed by atoms with Crippen LogP contribution in [0.3, 0.4) is 0 Å². The number of aryl methyl sites for hydroxylation is 3. The van der Waals surface area contributed by atoms with Crippen LogP contribution in [0.15, 0.2) is 71.4 Å². The molecule has 1 aliphatic heterocycles. The van der Waals surface area contributed by atoms with E-state index in [4.69, 9.17) is 4.74 Å². The molecule has 2 aromatic carbocycles. The lowest BCUT2D eigenvalue weighted by Crippen LogP contribution is -2.24. The van der Waals surface area contributed by atoms with E-state index in [1.165, 1.54) is 18.2 Å². The SMILES string of the molecule is COC(=O)C1=C(C)N(c2ccccc2)C(=O)/C1=C\c1cc(C)n(-c2ccc(C)c(C)c2)c1C. The first kappa shape index (κ1) is 22.3. The average molecular weight is 441 g/mol. The Kier molecular flexibility index (Phi) is 5.81. The summed E-state index contributed by atoms with van der Waals surface area (Å²) in [6.07, 6.45) is 1.81. The van der Waals surface area contributed by atoms with Gasteiger partial charge in [-0.05, 0) is 87.7 Å². The first-order valence-corrected chi connectivity index (χ1v) is 10.9. The number of methoxy groups -OCH3 is 1. The minimum absolute atomic E-state index is 0.241. The number of anilines is 1. The van der Waals surface area contributed by atoms with E-state index in [1.807, 2.05) is 50.2 Å². The number of carbonyl (C=O) groups is 2. The van der Waals surface area contributed by atoms with Crippen LogP contribution in [0.1, 0.15) is 35.0 Å². The van der Waals surface area contributed by atoms with Crippen LogP contribution in [0.2, 0.25) is 0 Å². The van der Waals surface area contributed by atoms with Crippen LogP contribution in [-0.4, -0.2) is 23.6 Å². The van der Waals surface area contributed by atoms with E-state index >= 15 is 0 Å². The van der Waals surface area contributed by atoms with Crippen molar-refractivity contribution in [1.29, 1.82) is 0 Å². The molecule has 0 unspecified atom stereocenters. The predicted molar refractivity (Wildman–Crippen MR) is 131 cm³/mol. The zero-order valence-corrected chi connectivity index (χ0v) is 19.9. The van der Waals surface area contributed by atoms with Gasteiger partial charge in [0.1, 0.15) is 0 Å². The lowest BCUT2D eigenvalue weighted by molar-refractivity contribution is -0.136. The van der Waals surface area contributed by atoms with Crippen LogP contribution in [0.4, 0.5) is 5.69 Å². The second-order valence-electron chi connectivity index (χ2n) is 8.42. The summed E-state index contributed by atoms with van der Waals surface area (Å²) in [6, 6.07) is 17.7. The largest absolute Gasteiger partial charge is 0.465 e. The lowest BCUT2D eigenvalue weighted by atomic mass is 10.0. The number of benzene rings is 2. The Morgan fingerprint density at radius 3 is 2.21 bits per heavy atom. The quantitative estimate of drug-likeness (QED) is 0.393. The molecule has 0 N–H and O–H groups in total. The second kappa shape index (κ2) is 8.58. The Morgan fingerprint density at radius 2 is 1.58 bits per heavy atom. The zero-order valence-electron chi connectivity index (χ0n) is 19.9. The van der Waals surface area contributed by atoms with Crippen LogP contribution in [0.25, 0.3) is 11.8 Å². The van der Waals surface area contributed by atoms with E-state index in [2.05, 4.69) is 36.6 Å². The molecule has 4 rings (SSSR count). The van der Waals surface area contributed by atoms with E-state index in [-0.39, 0.29) is 5.91 Å². The molecule has 5 heteroatoms. The highest BCUT2D eigenvalue weighted by atomic mass is 16.5. The molecule has 2 heterocycles. The number of amides is 1. The van der Waals surface area contributed by atoms with Gasteiger partial charge in [-0.2, -0.15) is 0 Å². The maximum Gasteiger partial charge on any atom is 0.340 e. The number of para-hydroxylation sites is 1. The number of carbonyl (C=O) groups excluding carboxylic acids is 2. The number of hydrogen-bond donors (Lipinski definition) is 0. The van der Waals surface area contributed by atoms with Crippen molar-refractivity contribution in [2.24, 2.45) is 0 Å². The van der Waals surface area contributed by atoms with Crippen molar-refractivity contribution in [3.05, 3.63) is 99.5 Å². The van der Waals surface area contributed by atoms with Crippen molar-refractivity contribution < 1.29 is 14.3 Å². The molecule has 5 nitrogen and oxygen atoms in total. The van der Waals surface area contributed by atoms with E-state index in [9.17, 15) is 9.59 Å². The van der Waals surface area contributed by atoms with Gasteiger partial charge in [0, 0.05) is 28.5 Å². The molecule has 1 aromatic heterocycles. The Labute approximate surface area is 194 Å². The molecule has 0 saturated heterocycles. The van der Waals surface area contributed by atoms with Crippen molar-refractivity contribution in [2.75, 3.05) is 12.0 Å². The molecular weight excluding hydrogens is 412 g/mol. The van der Waals surface area contributed by atoms with Crippen LogP contribution < -0.4 is 4.90 Å². The van der Waals surface area contributed by atoms with Gasteiger partial charge >= 0.3 is 5.97 Å². The van der Waals surface area contributed by atoms with Crippen molar-refractivity contribution in [3.8, 4) is 5.69 Å².